The van der Waals surface area contributed by atoms with Gasteiger partial charge < -0.3 is 19.7 Å². The maximum atomic E-state index is 13.2. The number of fused-ring (bicyclic) bond motifs is 1. The van der Waals surface area contributed by atoms with Crippen LogP contribution in [0.25, 0.3) is 0 Å². The molecule has 0 unspecified atom stereocenters. The first-order valence-electron chi connectivity index (χ1n) is 9.47. The van der Waals surface area contributed by atoms with E-state index in [1.807, 2.05) is 12.1 Å². The van der Waals surface area contributed by atoms with Gasteiger partial charge in [0.1, 0.15) is 0 Å². The van der Waals surface area contributed by atoms with Crippen LogP contribution in [-0.2, 0) is 17.5 Å². The van der Waals surface area contributed by atoms with Crippen molar-refractivity contribution in [1.29, 1.82) is 0 Å². The number of amides is 1. The molecular weight excluding hydrogens is 385 g/mol. The van der Waals surface area contributed by atoms with Crippen LogP contribution >= 0.6 is 0 Å². The molecule has 0 spiro atoms. The molecule has 1 amide bonds. The second-order valence-electron chi connectivity index (χ2n) is 7.15. The van der Waals surface area contributed by atoms with Crippen LogP contribution in [0.1, 0.15) is 35.6 Å². The van der Waals surface area contributed by atoms with Crippen molar-refractivity contribution < 1.29 is 27.4 Å². The Labute approximate surface area is 166 Å². The van der Waals surface area contributed by atoms with Crippen LogP contribution in [-0.4, -0.2) is 30.7 Å². The van der Waals surface area contributed by atoms with Gasteiger partial charge in [-0.15, -0.1) is 0 Å². The molecule has 1 saturated heterocycles. The summed E-state index contributed by atoms with van der Waals surface area (Å²) in [5.41, 5.74) is 0.640. The van der Waals surface area contributed by atoms with E-state index >= 15 is 0 Å². The number of ether oxygens (including phenoxy) is 2. The molecule has 29 heavy (non-hydrogen) atoms. The predicted octanol–water partition coefficient (Wildman–Crippen LogP) is 3.89. The summed E-state index contributed by atoms with van der Waals surface area (Å²) in [6.45, 7) is 1.45. The van der Waals surface area contributed by atoms with Gasteiger partial charge in [0.25, 0.3) is 0 Å². The molecule has 1 atom stereocenters. The van der Waals surface area contributed by atoms with Crippen LogP contribution in [0.4, 0.5) is 13.2 Å². The number of benzene rings is 2. The lowest BCUT2D eigenvalue weighted by Crippen LogP contribution is -2.36. The van der Waals surface area contributed by atoms with Crippen LogP contribution < -0.4 is 14.8 Å². The number of likely N-dealkylation sites (tertiary alicyclic amines) is 1. The third-order valence-corrected chi connectivity index (χ3v) is 5.21. The Balaban J connectivity index is 1.57. The van der Waals surface area contributed by atoms with E-state index in [0.717, 1.165) is 24.1 Å². The van der Waals surface area contributed by atoms with Crippen molar-refractivity contribution in [2.75, 3.05) is 19.9 Å². The van der Waals surface area contributed by atoms with E-state index in [1.54, 1.807) is 17.0 Å². The minimum Gasteiger partial charge on any atom is -0.454 e. The molecular formula is C21H21F3N2O3. The normalized spacial score (nSPS) is 17.1. The van der Waals surface area contributed by atoms with Gasteiger partial charge in [0.2, 0.25) is 12.7 Å². The highest BCUT2D eigenvalue weighted by atomic mass is 19.4. The third kappa shape index (κ3) is 4.32. The first kappa shape index (κ1) is 19.6. The van der Waals surface area contributed by atoms with Crippen molar-refractivity contribution in [2.24, 2.45) is 0 Å². The van der Waals surface area contributed by atoms with Crippen molar-refractivity contribution in [3.63, 3.8) is 0 Å². The molecule has 8 heteroatoms. The fourth-order valence-corrected chi connectivity index (χ4v) is 3.70. The average molecular weight is 406 g/mol. The van der Waals surface area contributed by atoms with E-state index in [9.17, 15) is 18.0 Å². The van der Waals surface area contributed by atoms with Gasteiger partial charge in [0.05, 0.1) is 11.6 Å². The largest absolute Gasteiger partial charge is 0.454 e. The molecule has 1 N–H and O–H groups in total. The summed E-state index contributed by atoms with van der Waals surface area (Å²) in [6, 6.07) is 10.3. The van der Waals surface area contributed by atoms with Crippen molar-refractivity contribution in [1.82, 2.24) is 10.2 Å². The quantitative estimate of drug-likeness (QED) is 0.791. The molecule has 0 bridgehead atoms. The molecule has 154 valence electrons. The predicted molar refractivity (Wildman–Crippen MR) is 99.4 cm³/mol. The Hall–Kier alpha value is -2.74. The maximum Gasteiger partial charge on any atom is 0.416 e. The molecule has 2 aliphatic rings. The highest BCUT2D eigenvalue weighted by Crippen LogP contribution is 2.36. The third-order valence-electron chi connectivity index (χ3n) is 5.21. The lowest BCUT2D eigenvalue weighted by Gasteiger charge is -2.26. The van der Waals surface area contributed by atoms with E-state index in [-0.39, 0.29) is 12.7 Å². The van der Waals surface area contributed by atoms with Gasteiger partial charge in [-0.2, -0.15) is 13.2 Å². The molecule has 0 radical (unpaired) electrons. The molecule has 2 aromatic rings. The van der Waals surface area contributed by atoms with Gasteiger partial charge in [0, 0.05) is 31.6 Å². The number of nitrogens with one attached hydrogen (secondary N) is 1. The monoisotopic (exact) mass is 406 g/mol. The SMILES string of the molecule is O=C1CCCN1C[C@H](NCc1cccc2c1OCO2)c1cccc(C(F)(F)F)c1. The standard InChI is InChI=1S/C21H21F3N2O3/c22-21(23,24)16-6-1-4-14(10-16)17(12-26-9-3-8-19(26)27)25-11-15-5-2-7-18-20(15)29-13-28-18/h1-2,4-7,10,17,25H,3,8-9,11-13H2/t17-/m0/s1. The van der Waals surface area contributed by atoms with Crippen LogP contribution in [0, 0.1) is 0 Å². The smallest absolute Gasteiger partial charge is 0.416 e. The summed E-state index contributed by atoms with van der Waals surface area (Å²) >= 11 is 0. The van der Waals surface area contributed by atoms with Gasteiger partial charge >= 0.3 is 6.18 Å². The lowest BCUT2D eigenvalue weighted by atomic mass is 10.0. The Morgan fingerprint density at radius 3 is 2.72 bits per heavy atom. The molecule has 1 fully saturated rings. The number of hydrogen-bond donors (Lipinski definition) is 1. The summed E-state index contributed by atoms with van der Waals surface area (Å²) < 4.78 is 50.4. The fraction of sp³-hybridized carbons (Fsp3) is 0.381. The molecule has 4 rings (SSSR count). The van der Waals surface area contributed by atoms with Crippen molar-refractivity contribution in [3.8, 4) is 11.5 Å². The number of carbonyl (C=O) groups is 1. The molecule has 2 aromatic carbocycles. The van der Waals surface area contributed by atoms with Gasteiger partial charge in [-0.25, -0.2) is 0 Å². The van der Waals surface area contributed by atoms with Gasteiger partial charge in [-0.05, 0) is 30.2 Å². The zero-order chi connectivity index (χ0) is 20.4. The first-order valence-corrected chi connectivity index (χ1v) is 9.47. The zero-order valence-electron chi connectivity index (χ0n) is 15.7. The van der Waals surface area contributed by atoms with Crippen molar-refractivity contribution in [3.05, 3.63) is 59.2 Å². The minimum absolute atomic E-state index is 0.0288. The number of alkyl halides is 3. The highest BCUT2D eigenvalue weighted by molar-refractivity contribution is 5.78. The minimum atomic E-state index is -4.42. The molecule has 5 nitrogen and oxygen atoms in total. The molecule has 0 aromatic heterocycles. The van der Waals surface area contributed by atoms with Crippen LogP contribution in [0.2, 0.25) is 0 Å². The first-order chi connectivity index (χ1) is 13.9. The van der Waals surface area contributed by atoms with E-state index in [4.69, 9.17) is 9.47 Å². The van der Waals surface area contributed by atoms with E-state index < -0.39 is 17.8 Å². The maximum absolute atomic E-state index is 13.2. The van der Waals surface area contributed by atoms with Crippen LogP contribution in [0.15, 0.2) is 42.5 Å². The number of rotatable bonds is 6. The van der Waals surface area contributed by atoms with Gasteiger partial charge in [0.15, 0.2) is 11.5 Å². The molecule has 2 aliphatic heterocycles. The highest BCUT2D eigenvalue weighted by Gasteiger charge is 2.32. The topological polar surface area (TPSA) is 50.8 Å². The molecule has 0 saturated carbocycles. The lowest BCUT2D eigenvalue weighted by molar-refractivity contribution is -0.137. The summed E-state index contributed by atoms with van der Waals surface area (Å²) in [6.07, 6.45) is -3.17. The van der Waals surface area contributed by atoms with Gasteiger partial charge in [-0.3, -0.25) is 4.79 Å². The number of para-hydroxylation sites is 1. The van der Waals surface area contributed by atoms with E-state index in [2.05, 4.69) is 5.32 Å². The van der Waals surface area contributed by atoms with E-state index in [0.29, 0.717) is 43.1 Å². The zero-order valence-corrected chi connectivity index (χ0v) is 15.7. The number of carbonyl (C=O) groups excluding carboxylic acids is 1. The molecule has 2 heterocycles. The fourth-order valence-electron chi connectivity index (χ4n) is 3.70. The van der Waals surface area contributed by atoms with E-state index in [1.165, 1.54) is 6.07 Å². The van der Waals surface area contributed by atoms with Gasteiger partial charge in [-0.1, -0.05) is 24.3 Å². The Kier molecular flexibility index (Phi) is 5.36. The van der Waals surface area contributed by atoms with Crippen LogP contribution in [0.5, 0.6) is 11.5 Å². The van der Waals surface area contributed by atoms with Crippen molar-refractivity contribution in [2.45, 2.75) is 31.6 Å². The Bertz CT molecular complexity index is 901. The average Bonchev–Trinajstić information content (AvgIpc) is 3.33. The number of halogens is 3. The Morgan fingerprint density at radius 2 is 1.97 bits per heavy atom. The summed E-state index contributed by atoms with van der Waals surface area (Å²) in [4.78, 5) is 13.8. The summed E-state index contributed by atoms with van der Waals surface area (Å²) in [7, 11) is 0. The van der Waals surface area contributed by atoms with Crippen molar-refractivity contribution >= 4 is 5.91 Å². The number of nitrogens with zero attached hydrogens (tertiary/aromatic N) is 1. The second kappa shape index (κ2) is 7.94. The summed E-state index contributed by atoms with van der Waals surface area (Å²) in [5.74, 6) is 1.32. The number of hydrogen-bond acceptors (Lipinski definition) is 4. The summed E-state index contributed by atoms with van der Waals surface area (Å²) in [5, 5.41) is 3.31. The second-order valence-corrected chi connectivity index (χ2v) is 7.15. The molecule has 0 aliphatic carbocycles. The van der Waals surface area contributed by atoms with Crippen LogP contribution in [0.3, 0.4) is 0 Å². The Morgan fingerprint density at radius 1 is 1.14 bits per heavy atom.